The van der Waals surface area contributed by atoms with Gasteiger partial charge in [0.15, 0.2) is 5.82 Å². The van der Waals surface area contributed by atoms with Crippen LogP contribution in [-0.2, 0) is 6.54 Å². The number of aromatic nitrogens is 3. The van der Waals surface area contributed by atoms with E-state index in [1.165, 1.54) is 18.5 Å². The molecule has 7 nitrogen and oxygen atoms in total. The van der Waals surface area contributed by atoms with Crippen LogP contribution in [0.5, 0.6) is 5.75 Å². The predicted molar refractivity (Wildman–Crippen MR) is 102 cm³/mol. The van der Waals surface area contributed by atoms with E-state index in [9.17, 15) is 8.78 Å². The number of halogens is 2. The lowest BCUT2D eigenvalue weighted by Crippen LogP contribution is -2.39. The molecular formula is C19H22F2N6O. The highest BCUT2D eigenvalue weighted by atomic mass is 19.3. The number of ether oxygens (including phenoxy) is 1. The molecule has 1 aliphatic rings. The number of hydrogen-bond acceptors (Lipinski definition) is 6. The zero-order valence-electron chi connectivity index (χ0n) is 15.3. The fraction of sp³-hybridized carbons (Fsp3) is 0.368. The van der Waals surface area contributed by atoms with Crippen LogP contribution in [0.1, 0.15) is 18.4 Å². The van der Waals surface area contributed by atoms with Crippen molar-refractivity contribution >= 4 is 17.0 Å². The average Bonchev–Trinajstić information content (AvgIpc) is 3.07. The van der Waals surface area contributed by atoms with Crippen molar-refractivity contribution in [3.63, 3.8) is 0 Å². The van der Waals surface area contributed by atoms with Gasteiger partial charge in [0.1, 0.15) is 17.6 Å². The number of alkyl halides is 2. The lowest BCUT2D eigenvalue weighted by atomic mass is 10.1. The molecule has 0 radical (unpaired) electrons. The quantitative estimate of drug-likeness (QED) is 0.676. The van der Waals surface area contributed by atoms with Gasteiger partial charge in [-0.15, -0.1) is 0 Å². The zero-order chi connectivity index (χ0) is 19.5. The van der Waals surface area contributed by atoms with Gasteiger partial charge >= 0.3 is 6.61 Å². The number of rotatable bonds is 6. The second-order valence-corrected chi connectivity index (χ2v) is 6.89. The summed E-state index contributed by atoms with van der Waals surface area (Å²) >= 11 is 0. The van der Waals surface area contributed by atoms with Crippen LogP contribution in [0.25, 0.3) is 5.52 Å². The van der Waals surface area contributed by atoms with Crippen LogP contribution in [0, 0.1) is 0 Å². The Hall–Kier alpha value is -2.78. The van der Waals surface area contributed by atoms with E-state index in [-0.39, 0.29) is 11.8 Å². The van der Waals surface area contributed by atoms with Crippen molar-refractivity contribution in [2.75, 3.05) is 18.4 Å². The molecule has 4 rings (SSSR count). The maximum absolute atomic E-state index is 12.5. The molecule has 28 heavy (non-hydrogen) atoms. The van der Waals surface area contributed by atoms with E-state index >= 15 is 0 Å². The molecule has 9 heteroatoms. The van der Waals surface area contributed by atoms with Crippen LogP contribution in [0.15, 0.2) is 42.9 Å². The minimum absolute atomic E-state index is 0.0883. The summed E-state index contributed by atoms with van der Waals surface area (Å²) in [5.74, 6) is 0.697. The van der Waals surface area contributed by atoms with Crippen molar-refractivity contribution in [3.8, 4) is 5.75 Å². The Morgan fingerprint density at radius 2 is 2.07 bits per heavy atom. The van der Waals surface area contributed by atoms with Crippen LogP contribution in [-0.4, -0.2) is 45.2 Å². The number of nitrogens with two attached hydrogens (primary N) is 1. The highest BCUT2D eigenvalue weighted by molar-refractivity contribution is 5.76. The third kappa shape index (κ3) is 4.20. The zero-order valence-corrected chi connectivity index (χ0v) is 15.3. The molecule has 3 aromatic rings. The van der Waals surface area contributed by atoms with Crippen molar-refractivity contribution in [2.45, 2.75) is 32.0 Å². The molecule has 1 aliphatic heterocycles. The Balaban J connectivity index is 1.58. The summed E-state index contributed by atoms with van der Waals surface area (Å²) < 4.78 is 31.2. The molecule has 3 heterocycles. The summed E-state index contributed by atoms with van der Waals surface area (Å²) in [5.41, 5.74) is 8.56. The Labute approximate surface area is 161 Å². The number of piperidine rings is 1. The van der Waals surface area contributed by atoms with Crippen molar-refractivity contribution in [1.29, 1.82) is 0 Å². The molecule has 148 valence electrons. The van der Waals surface area contributed by atoms with E-state index in [1.807, 2.05) is 12.3 Å². The summed E-state index contributed by atoms with van der Waals surface area (Å²) in [6.45, 7) is -0.167. The second kappa shape index (κ2) is 8.07. The van der Waals surface area contributed by atoms with E-state index in [2.05, 4.69) is 25.0 Å². The van der Waals surface area contributed by atoms with Gasteiger partial charge in [-0.3, -0.25) is 4.90 Å². The Kier molecular flexibility index (Phi) is 5.36. The van der Waals surface area contributed by atoms with Crippen molar-refractivity contribution < 1.29 is 13.5 Å². The average molecular weight is 388 g/mol. The highest BCUT2D eigenvalue weighted by Gasteiger charge is 2.19. The fourth-order valence-electron chi connectivity index (χ4n) is 3.48. The first-order chi connectivity index (χ1) is 13.6. The molecule has 0 aliphatic carbocycles. The van der Waals surface area contributed by atoms with Gasteiger partial charge in [0, 0.05) is 30.5 Å². The van der Waals surface area contributed by atoms with Gasteiger partial charge in [0.2, 0.25) is 0 Å². The largest absolute Gasteiger partial charge is 0.435 e. The number of hydrogen-bond donors (Lipinski definition) is 2. The van der Waals surface area contributed by atoms with Gasteiger partial charge < -0.3 is 15.8 Å². The monoisotopic (exact) mass is 388 g/mol. The van der Waals surface area contributed by atoms with E-state index < -0.39 is 6.61 Å². The maximum atomic E-state index is 12.5. The topological polar surface area (TPSA) is 80.7 Å². The minimum Gasteiger partial charge on any atom is -0.435 e. The van der Waals surface area contributed by atoms with Gasteiger partial charge in [-0.1, -0.05) is 6.07 Å². The number of anilines is 2. The normalized spacial score (nSPS) is 16.0. The molecule has 0 unspecified atom stereocenters. The third-order valence-electron chi connectivity index (χ3n) is 4.89. The van der Waals surface area contributed by atoms with Crippen molar-refractivity contribution in [1.82, 2.24) is 19.5 Å². The number of fused-ring (bicyclic) bond motifs is 1. The molecule has 0 bridgehead atoms. The number of likely N-dealkylation sites (tertiary alicyclic amines) is 1. The van der Waals surface area contributed by atoms with Gasteiger partial charge in [-0.05, 0) is 49.7 Å². The molecule has 0 spiro atoms. The lowest BCUT2D eigenvalue weighted by Gasteiger charge is -2.29. The molecule has 1 aromatic carbocycles. The molecular weight excluding hydrogens is 366 g/mol. The van der Waals surface area contributed by atoms with E-state index in [0.29, 0.717) is 11.5 Å². The first kappa shape index (κ1) is 18.6. The predicted octanol–water partition coefficient (Wildman–Crippen LogP) is 3.00. The standard InChI is InChI=1S/C19H22F2N6O/c20-19(21)28-16-3-1-2-15(10-16)25-18-17-13(4-9-27(17)24-12-23-18)11-26-7-5-14(22)6-8-26/h1-4,9-10,12,14,19H,5-8,11,22H2,(H,23,24,25). The number of nitrogens with zero attached hydrogens (tertiary/aromatic N) is 4. The summed E-state index contributed by atoms with van der Waals surface area (Å²) in [6, 6.07) is 8.72. The molecule has 0 atom stereocenters. The number of nitrogens with one attached hydrogen (secondary N) is 1. The lowest BCUT2D eigenvalue weighted by molar-refractivity contribution is -0.0498. The first-order valence-electron chi connectivity index (χ1n) is 9.19. The van der Waals surface area contributed by atoms with Crippen LogP contribution < -0.4 is 15.8 Å². The number of benzene rings is 1. The van der Waals surface area contributed by atoms with Gasteiger partial charge in [-0.25, -0.2) is 9.50 Å². The Morgan fingerprint density at radius 1 is 1.25 bits per heavy atom. The summed E-state index contributed by atoms with van der Waals surface area (Å²) in [5, 5.41) is 7.47. The summed E-state index contributed by atoms with van der Waals surface area (Å²) in [7, 11) is 0. The summed E-state index contributed by atoms with van der Waals surface area (Å²) in [4.78, 5) is 6.73. The van der Waals surface area contributed by atoms with E-state index in [4.69, 9.17) is 5.73 Å². The van der Waals surface area contributed by atoms with E-state index in [1.54, 1.807) is 16.6 Å². The van der Waals surface area contributed by atoms with Crippen LogP contribution in [0.2, 0.25) is 0 Å². The maximum Gasteiger partial charge on any atom is 0.387 e. The first-order valence-corrected chi connectivity index (χ1v) is 9.19. The van der Waals surface area contributed by atoms with Crippen LogP contribution >= 0.6 is 0 Å². The molecule has 1 saturated heterocycles. The summed E-state index contributed by atoms with van der Waals surface area (Å²) in [6.07, 6.45) is 5.33. The molecule has 0 saturated carbocycles. The smallest absolute Gasteiger partial charge is 0.387 e. The SMILES string of the molecule is NC1CCN(Cc2ccn3ncnc(Nc4cccc(OC(F)F)c4)c23)CC1. The molecule has 2 aromatic heterocycles. The van der Waals surface area contributed by atoms with Crippen LogP contribution in [0.3, 0.4) is 0 Å². The van der Waals surface area contributed by atoms with Gasteiger partial charge in [0.25, 0.3) is 0 Å². The highest BCUT2D eigenvalue weighted by Crippen LogP contribution is 2.27. The second-order valence-electron chi connectivity index (χ2n) is 6.89. The molecule has 3 N–H and O–H groups in total. The van der Waals surface area contributed by atoms with Gasteiger partial charge in [-0.2, -0.15) is 13.9 Å². The fourth-order valence-corrected chi connectivity index (χ4v) is 3.48. The third-order valence-corrected chi connectivity index (χ3v) is 4.89. The van der Waals surface area contributed by atoms with Gasteiger partial charge in [0.05, 0.1) is 0 Å². The van der Waals surface area contributed by atoms with E-state index in [0.717, 1.165) is 43.6 Å². The molecule has 1 fully saturated rings. The van der Waals surface area contributed by atoms with Crippen LogP contribution in [0.4, 0.5) is 20.3 Å². The Bertz CT molecular complexity index is 939. The Morgan fingerprint density at radius 3 is 2.86 bits per heavy atom. The van der Waals surface area contributed by atoms with Crippen molar-refractivity contribution in [3.05, 3.63) is 48.4 Å². The minimum atomic E-state index is -2.86. The van der Waals surface area contributed by atoms with Crippen molar-refractivity contribution in [2.24, 2.45) is 5.73 Å². The molecule has 0 amide bonds.